The van der Waals surface area contributed by atoms with Crippen LogP contribution in [0.4, 0.5) is 0 Å². The molecule has 2 aliphatic heterocycles. The molecule has 3 rings (SSSR count). The molecule has 1 spiro atoms. The van der Waals surface area contributed by atoms with Crippen LogP contribution in [-0.2, 0) is 28.0 Å². The van der Waals surface area contributed by atoms with E-state index in [1.54, 1.807) is 13.8 Å². The Bertz CT molecular complexity index is 1140. The largest absolute Gasteiger partial charge is 0.379 e. The van der Waals surface area contributed by atoms with Crippen molar-refractivity contribution < 1.29 is 33.1 Å². The monoisotopic (exact) mass is 619 g/mol. The van der Waals surface area contributed by atoms with Gasteiger partial charge in [-0.2, -0.15) is 0 Å². The number of aliphatic hydroxyl groups is 1. The van der Waals surface area contributed by atoms with Crippen LogP contribution in [0.3, 0.4) is 0 Å². The van der Waals surface area contributed by atoms with Crippen LogP contribution in [0, 0.1) is 11.3 Å². The second-order valence-corrected chi connectivity index (χ2v) is 14.1. The molecule has 1 fully saturated rings. The number of carbonyl (C=O) groups is 3. The van der Waals surface area contributed by atoms with Gasteiger partial charge in [0.1, 0.15) is 6.04 Å². The highest BCUT2D eigenvalue weighted by atomic mass is 31.2. The fraction of sp³-hybridized carbons (Fsp3) is 0.656. The lowest BCUT2D eigenvalue weighted by Crippen LogP contribution is -2.55. The summed E-state index contributed by atoms with van der Waals surface area (Å²) in [6, 6.07) is 7.51. The first-order valence-corrected chi connectivity index (χ1v) is 17.3. The minimum Gasteiger partial charge on any atom is -0.379 e. The fourth-order valence-corrected chi connectivity index (χ4v) is 7.66. The summed E-state index contributed by atoms with van der Waals surface area (Å²) in [6.07, 6.45) is 8.01. The number of hydrogen-bond acceptors (Lipinski definition) is 7. The van der Waals surface area contributed by atoms with Gasteiger partial charge in [0.2, 0.25) is 17.7 Å². The summed E-state index contributed by atoms with van der Waals surface area (Å²) in [5.41, 5.74) is -0.0529. The lowest BCUT2D eigenvalue weighted by molar-refractivity contribution is -0.132. The third-order valence-electron chi connectivity index (χ3n) is 8.33. The molecular weight excluding hydrogens is 569 g/mol. The Balaban J connectivity index is 2.04. The third-order valence-corrected chi connectivity index (χ3v) is 10.6. The van der Waals surface area contributed by atoms with Gasteiger partial charge in [-0.3, -0.25) is 18.9 Å². The summed E-state index contributed by atoms with van der Waals surface area (Å²) in [5, 5.41) is 20.3. The van der Waals surface area contributed by atoms with Gasteiger partial charge in [0, 0.05) is 6.54 Å². The number of allylic oxidation sites excluding steroid dienone is 2. The van der Waals surface area contributed by atoms with Gasteiger partial charge in [-0.1, -0.05) is 56.3 Å². The van der Waals surface area contributed by atoms with Crippen molar-refractivity contribution in [3.05, 3.63) is 48.0 Å². The molecule has 0 aromatic heterocycles. The van der Waals surface area contributed by atoms with Crippen LogP contribution >= 0.6 is 7.60 Å². The molecule has 5 atom stereocenters. The molecular formula is C32H50N3O7P. The lowest BCUT2D eigenvalue weighted by atomic mass is 9.77. The second-order valence-electron chi connectivity index (χ2n) is 12.0. The van der Waals surface area contributed by atoms with E-state index < -0.39 is 42.8 Å². The normalized spacial score (nSPS) is 27.6. The molecule has 3 unspecified atom stereocenters. The number of amides is 3. The maximum absolute atomic E-state index is 14.0. The Hall–Kier alpha value is -2.52. The quantitative estimate of drug-likeness (QED) is 0.218. The number of carbonyl (C=O) groups excluding carboxylic acids is 3. The molecule has 4 N–H and O–H groups in total. The van der Waals surface area contributed by atoms with Gasteiger partial charge in [0.15, 0.2) is 5.85 Å². The van der Waals surface area contributed by atoms with Gasteiger partial charge in [-0.25, -0.2) is 0 Å². The van der Waals surface area contributed by atoms with E-state index in [1.165, 1.54) is 0 Å². The zero-order valence-electron chi connectivity index (χ0n) is 26.1. The lowest BCUT2D eigenvalue weighted by Gasteiger charge is -2.35. The Morgan fingerprint density at radius 2 is 1.72 bits per heavy atom. The van der Waals surface area contributed by atoms with Crippen molar-refractivity contribution in [2.45, 2.75) is 103 Å². The van der Waals surface area contributed by atoms with Crippen molar-refractivity contribution in [1.29, 1.82) is 0 Å². The van der Waals surface area contributed by atoms with Crippen molar-refractivity contribution in [3.8, 4) is 0 Å². The van der Waals surface area contributed by atoms with Crippen molar-refractivity contribution >= 4 is 25.3 Å². The van der Waals surface area contributed by atoms with Crippen LogP contribution in [0.1, 0.15) is 90.5 Å². The van der Waals surface area contributed by atoms with Crippen molar-refractivity contribution in [2.75, 3.05) is 19.8 Å². The molecule has 1 saturated heterocycles. The molecule has 3 amide bonds. The number of benzene rings is 1. The van der Waals surface area contributed by atoms with Gasteiger partial charge in [0.25, 0.3) is 0 Å². The predicted octanol–water partition coefficient (Wildman–Crippen LogP) is 4.79. The molecule has 1 aromatic rings. The van der Waals surface area contributed by atoms with Crippen LogP contribution in [0.5, 0.6) is 0 Å². The first-order chi connectivity index (χ1) is 20.5. The number of aliphatic hydroxyl groups excluding tert-OH is 1. The van der Waals surface area contributed by atoms with Gasteiger partial charge in [-0.15, -0.1) is 0 Å². The first kappa shape index (κ1) is 35.0. The molecule has 0 bridgehead atoms. The number of rotatable bonds is 10. The van der Waals surface area contributed by atoms with Gasteiger partial charge >= 0.3 is 7.60 Å². The summed E-state index contributed by atoms with van der Waals surface area (Å²) in [6.45, 7) is 7.89. The standard InChI is InChI=1S/C32H50N3O7P/c1-5-41-43(40,42-6-2)30(38)27-22-32(20-21-33-31(32)39)19-13-8-7-12-16-25(24-14-10-9-11-15-24)28(36)34-26(29(37)35-27)18-17-23(3)4/h8-11,13-15,23,25-27,30,38H,5-7,12,16-22H2,1-4H3,(H,33,39)(H,34,36)(H,35,37)/b13-8+/t25?,26-,27-,30?,32?/m0/s1. The summed E-state index contributed by atoms with van der Waals surface area (Å²) >= 11 is 0. The Morgan fingerprint density at radius 3 is 2.33 bits per heavy atom. The van der Waals surface area contributed by atoms with E-state index in [4.69, 9.17) is 9.05 Å². The molecule has 0 saturated carbocycles. The molecule has 240 valence electrons. The van der Waals surface area contributed by atoms with Crippen LogP contribution in [0.15, 0.2) is 42.5 Å². The fourth-order valence-electron chi connectivity index (χ4n) is 5.94. The van der Waals surface area contributed by atoms with Gasteiger partial charge < -0.3 is 30.1 Å². The Labute approximate surface area is 256 Å². The molecule has 0 aliphatic carbocycles. The smallest absolute Gasteiger partial charge is 0.360 e. The zero-order valence-corrected chi connectivity index (χ0v) is 26.9. The Kier molecular flexibility index (Phi) is 13.4. The topological polar surface area (TPSA) is 143 Å². The molecule has 2 aliphatic rings. The predicted molar refractivity (Wildman–Crippen MR) is 166 cm³/mol. The third kappa shape index (κ3) is 9.48. The van der Waals surface area contributed by atoms with Crippen LogP contribution < -0.4 is 16.0 Å². The number of nitrogens with one attached hydrogen (secondary N) is 3. The molecule has 2 heterocycles. The van der Waals surface area contributed by atoms with Crippen LogP contribution in [0.2, 0.25) is 0 Å². The van der Waals surface area contributed by atoms with E-state index in [1.807, 2.05) is 56.3 Å². The average molecular weight is 620 g/mol. The van der Waals surface area contributed by atoms with Crippen molar-refractivity contribution in [3.63, 3.8) is 0 Å². The SMILES string of the molecule is CCOP(=O)(OCC)C(O)[C@@H]1CC2(C/C=C/CCCC(c3ccccc3)C(=O)N[C@@H](CCC(C)C)C(=O)N1)CCNC2=O. The molecule has 10 nitrogen and oxygen atoms in total. The van der Waals surface area contributed by atoms with Crippen molar-refractivity contribution in [2.24, 2.45) is 11.3 Å². The summed E-state index contributed by atoms with van der Waals surface area (Å²) in [7, 11) is -4.09. The Morgan fingerprint density at radius 1 is 1.02 bits per heavy atom. The number of hydrogen-bond donors (Lipinski definition) is 4. The van der Waals surface area contributed by atoms with Crippen LogP contribution in [0.25, 0.3) is 0 Å². The maximum atomic E-state index is 14.0. The maximum Gasteiger partial charge on any atom is 0.360 e. The second kappa shape index (κ2) is 16.5. The van der Waals surface area contributed by atoms with E-state index in [9.17, 15) is 24.1 Å². The van der Waals surface area contributed by atoms with Gasteiger partial charge in [0.05, 0.1) is 30.6 Å². The molecule has 1 aromatic carbocycles. The summed E-state index contributed by atoms with van der Waals surface area (Å²) < 4.78 is 24.7. The minimum atomic E-state index is -4.09. The van der Waals surface area contributed by atoms with E-state index in [0.29, 0.717) is 38.6 Å². The highest BCUT2D eigenvalue weighted by Crippen LogP contribution is 2.54. The first-order valence-electron chi connectivity index (χ1n) is 15.7. The van der Waals surface area contributed by atoms with Crippen molar-refractivity contribution in [1.82, 2.24) is 16.0 Å². The molecule has 11 heteroatoms. The molecule has 0 radical (unpaired) electrons. The highest BCUT2D eigenvalue weighted by Gasteiger charge is 2.49. The van der Waals surface area contributed by atoms with E-state index in [0.717, 1.165) is 18.4 Å². The van der Waals surface area contributed by atoms with E-state index in [2.05, 4.69) is 16.0 Å². The zero-order chi connectivity index (χ0) is 31.5. The van der Waals surface area contributed by atoms with E-state index >= 15 is 0 Å². The van der Waals surface area contributed by atoms with Gasteiger partial charge in [-0.05, 0) is 76.7 Å². The summed E-state index contributed by atoms with van der Waals surface area (Å²) in [4.78, 5) is 41.0. The van der Waals surface area contributed by atoms with E-state index in [-0.39, 0.29) is 37.4 Å². The minimum absolute atomic E-state index is 0.0251. The average Bonchev–Trinajstić information content (AvgIpc) is 3.33. The highest BCUT2D eigenvalue weighted by molar-refractivity contribution is 7.54. The summed E-state index contributed by atoms with van der Waals surface area (Å²) in [5.74, 6) is -2.82. The van der Waals surface area contributed by atoms with Crippen LogP contribution in [-0.4, -0.2) is 60.5 Å². The molecule has 43 heavy (non-hydrogen) atoms.